The Balaban J connectivity index is 1.40. The minimum Gasteiger partial charge on any atom is -0.497 e. The molecular weight excluding hydrogens is 328 g/mol. The second-order valence-corrected chi connectivity index (χ2v) is 6.53. The minimum atomic E-state index is -0.141. The minimum absolute atomic E-state index is 0.00901. The van der Waals surface area contributed by atoms with E-state index in [2.05, 4.69) is 10.6 Å². The molecule has 5 nitrogen and oxygen atoms in total. The molecule has 5 heteroatoms. The van der Waals surface area contributed by atoms with Crippen molar-refractivity contribution in [1.82, 2.24) is 5.32 Å². The van der Waals surface area contributed by atoms with E-state index in [0.29, 0.717) is 25.8 Å². The van der Waals surface area contributed by atoms with Crippen molar-refractivity contribution in [1.29, 1.82) is 0 Å². The fraction of sp³-hybridized carbons (Fsp3) is 0.333. The van der Waals surface area contributed by atoms with E-state index in [4.69, 9.17) is 4.74 Å². The molecule has 0 aliphatic carbocycles. The molecule has 2 aromatic rings. The smallest absolute Gasteiger partial charge is 0.227 e. The van der Waals surface area contributed by atoms with Gasteiger partial charge in [0.05, 0.1) is 7.11 Å². The van der Waals surface area contributed by atoms with Gasteiger partial charge in [-0.1, -0.05) is 30.3 Å². The zero-order valence-corrected chi connectivity index (χ0v) is 15.0. The van der Waals surface area contributed by atoms with Crippen LogP contribution in [0.3, 0.4) is 0 Å². The predicted octanol–water partition coefficient (Wildman–Crippen LogP) is 2.95. The Kier molecular flexibility index (Phi) is 5.89. The molecule has 1 unspecified atom stereocenters. The van der Waals surface area contributed by atoms with Gasteiger partial charge in [-0.15, -0.1) is 0 Å². The van der Waals surface area contributed by atoms with Crippen molar-refractivity contribution < 1.29 is 14.3 Å². The predicted molar refractivity (Wildman–Crippen MR) is 101 cm³/mol. The zero-order chi connectivity index (χ0) is 18.4. The fourth-order valence-electron chi connectivity index (χ4n) is 3.18. The molecule has 0 radical (unpaired) electrons. The lowest BCUT2D eigenvalue weighted by atomic mass is 9.89. The van der Waals surface area contributed by atoms with Crippen LogP contribution in [0.5, 0.6) is 5.75 Å². The fourth-order valence-corrected chi connectivity index (χ4v) is 3.18. The number of hydrogen-bond acceptors (Lipinski definition) is 3. The van der Waals surface area contributed by atoms with E-state index in [1.807, 2.05) is 48.5 Å². The summed E-state index contributed by atoms with van der Waals surface area (Å²) in [5.74, 6) is 0.683. The van der Waals surface area contributed by atoms with Gasteiger partial charge in [-0.25, -0.2) is 0 Å². The third-order valence-electron chi connectivity index (χ3n) is 4.73. The van der Waals surface area contributed by atoms with Gasteiger partial charge < -0.3 is 15.4 Å². The molecule has 136 valence electrons. The molecule has 0 spiro atoms. The maximum atomic E-state index is 12.2. The number of methoxy groups -OCH3 is 1. The van der Waals surface area contributed by atoms with Gasteiger partial charge in [-0.2, -0.15) is 0 Å². The first kappa shape index (κ1) is 18.0. The van der Waals surface area contributed by atoms with Gasteiger partial charge in [0.15, 0.2) is 0 Å². The van der Waals surface area contributed by atoms with E-state index in [1.54, 1.807) is 7.11 Å². The quantitative estimate of drug-likeness (QED) is 0.805. The third-order valence-corrected chi connectivity index (χ3v) is 4.73. The van der Waals surface area contributed by atoms with E-state index in [0.717, 1.165) is 29.0 Å². The van der Waals surface area contributed by atoms with E-state index in [1.165, 1.54) is 0 Å². The summed E-state index contributed by atoms with van der Waals surface area (Å²) in [5.41, 5.74) is 3.17. The number of anilines is 1. The number of rotatable bonds is 7. The van der Waals surface area contributed by atoms with Gasteiger partial charge in [-0.3, -0.25) is 9.59 Å². The highest BCUT2D eigenvalue weighted by Gasteiger charge is 2.26. The van der Waals surface area contributed by atoms with Gasteiger partial charge in [0.25, 0.3) is 0 Å². The normalized spacial score (nSPS) is 15.7. The molecular formula is C21H24N2O3. The zero-order valence-electron chi connectivity index (χ0n) is 15.0. The molecule has 26 heavy (non-hydrogen) atoms. The van der Waals surface area contributed by atoms with Crippen LogP contribution in [0.25, 0.3) is 0 Å². The van der Waals surface area contributed by atoms with Crippen LogP contribution in [-0.4, -0.2) is 25.5 Å². The maximum absolute atomic E-state index is 12.2. The Labute approximate surface area is 153 Å². The largest absolute Gasteiger partial charge is 0.497 e. The SMILES string of the molecule is COc1ccc(CCNC(=O)CCC2Cc3ccccc3NC2=O)cc1. The van der Waals surface area contributed by atoms with Crippen molar-refractivity contribution in [3.63, 3.8) is 0 Å². The number of para-hydroxylation sites is 1. The highest BCUT2D eigenvalue weighted by atomic mass is 16.5. The van der Waals surface area contributed by atoms with E-state index in [-0.39, 0.29) is 17.7 Å². The lowest BCUT2D eigenvalue weighted by Crippen LogP contribution is -2.32. The van der Waals surface area contributed by atoms with Crippen LogP contribution in [0.4, 0.5) is 5.69 Å². The summed E-state index contributed by atoms with van der Waals surface area (Å²) in [4.78, 5) is 24.2. The highest BCUT2D eigenvalue weighted by molar-refractivity contribution is 5.96. The van der Waals surface area contributed by atoms with Gasteiger partial charge in [0.2, 0.25) is 11.8 Å². The summed E-state index contributed by atoms with van der Waals surface area (Å²) in [6.07, 6.45) is 2.39. The van der Waals surface area contributed by atoms with Crippen LogP contribution in [0.15, 0.2) is 48.5 Å². The summed E-state index contributed by atoms with van der Waals surface area (Å²) in [6, 6.07) is 15.6. The van der Waals surface area contributed by atoms with Crippen LogP contribution < -0.4 is 15.4 Å². The molecule has 0 aromatic heterocycles. The Bertz CT molecular complexity index is 771. The molecule has 1 heterocycles. The number of benzene rings is 2. The molecule has 2 amide bonds. The average molecular weight is 352 g/mol. The molecule has 3 rings (SSSR count). The lowest BCUT2D eigenvalue weighted by molar-refractivity contribution is -0.122. The number of carbonyl (C=O) groups excluding carboxylic acids is 2. The maximum Gasteiger partial charge on any atom is 0.227 e. The number of ether oxygens (including phenoxy) is 1. The average Bonchev–Trinajstić information content (AvgIpc) is 2.67. The third kappa shape index (κ3) is 4.63. The van der Waals surface area contributed by atoms with Crippen molar-refractivity contribution in [2.24, 2.45) is 5.92 Å². The first-order chi connectivity index (χ1) is 12.7. The van der Waals surface area contributed by atoms with E-state index >= 15 is 0 Å². The van der Waals surface area contributed by atoms with Crippen LogP contribution >= 0.6 is 0 Å². The first-order valence-corrected chi connectivity index (χ1v) is 8.94. The van der Waals surface area contributed by atoms with Gasteiger partial charge in [0, 0.05) is 24.6 Å². The van der Waals surface area contributed by atoms with Crippen molar-refractivity contribution >= 4 is 17.5 Å². The summed E-state index contributed by atoms with van der Waals surface area (Å²) in [5, 5.41) is 5.86. The molecule has 1 aliphatic heterocycles. The molecule has 1 aliphatic rings. The number of amides is 2. The lowest BCUT2D eigenvalue weighted by Gasteiger charge is -2.24. The van der Waals surface area contributed by atoms with E-state index in [9.17, 15) is 9.59 Å². The Hall–Kier alpha value is -2.82. The van der Waals surface area contributed by atoms with Crippen molar-refractivity contribution in [3.05, 3.63) is 59.7 Å². The first-order valence-electron chi connectivity index (χ1n) is 8.94. The van der Waals surface area contributed by atoms with Crippen molar-refractivity contribution in [3.8, 4) is 5.75 Å². The van der Waals surface area contributed by atoms with Gasteiger partial charge in [0.1, 0.15) is 5.75 Å². The Morgan fingerprint density at radius 3 is 2.73 bits per heavy atom. The molecule has 0 fully saturated rings. The second kappa shape index (κ2) is 8.52. The van der Waals surface area contributed by atoms with Gasteiger partial charge >= 0.3 is 0 Å². The van der Waals surface area contributed by atoms with Gasteiger partial charge in [-0.05, 0) is 48.6 Å². The number of carbonyl (C=O) groups is 2. The van der Waals surface area contributed by atoms with Crippen LogP contribution in [0.2, 0.25) is 0 Å². The van der Waals surface area contributed by atoms with Crippen LogP contribution in [0.1, 0.15) is 24.0 Å². The summed E-state index contributed by atoms with van der Waals surface area (Å²) in [7, 11) is 1.64. The Morgan fingerprint density at radius 1 is 1.19 bits per heavy atom. The second-order valence-electron chi connectivity index (χ2n) is 6.53. The standard InChI is InChI=1S/C21H24N2O3/c1-26-18-9-6-15(7-10-18)12-13-22-20(24)11-8-17-14-16-4-2-3-5-19(16)23-21(17)25/h2-7,9-10,17H,8,11-14H2,1H3,(H,22,24)(H,23,25). The molecule has 0 bridgehead atoms. The highest BCUT2D eigenvalue weighted by Crippen LogP contribution is 2.27. The van der Waals surface area contributed by atoms with Crippen LogP contribution in [-0.2, 0) is 22.4 Å². The van der Waals surface area contributed by atoms with Crippen molar-refractivity contribution in [2.75, 3.05) is 19.0 Å². The number of hydrogen-bond donors (Lipinski definition) is 2. The number of nitrogens with one attached hydrogen (secondary N) is 2. The number of fused-ring (bicyclic) bond motifs is 1. The summed E-state index contributed by atoms with van der Waals surface area (Å²) >= 11 is 0. The summed E-state index contributed by atoms with van der Waals surface area (Å²) in [6.45, 7) is 0.588. The van der Waals surface area contributed by atoms with Crippen LogP contribution in [0, 0.1) is 5.92 Å². The van der Waals surface area contributed by atoms with Crippen molar-refractivity contribution in [2.45, 2.75) is 25.7 Å². The monoisotopic (exact) mass is 352 g/mol. The molecule has 2 aromatic carbocycles. The molecule has 0 saturated heterocycles. The topological polar surface area (TPSA) is 67.4 Å². The Morgan fingerprint density at radius 2 is 1.96 bits per heavy atom. The summed E-state index contributed by atoms with van der Waals surface area (Å²) < 4.78 is 5.13. The molecule has 0 saturated carbocycles. The molecule has 1 atom stereocenters. The molecule has 2 N–H and O–H groups in total. The van der Waals surface area contributed by atoms with E-state index < -0.39 is 0 Å².